The highest BCUT2D eigenvalue weighted by molar-refractivity contribution is 6.32. The molecule has 0 aromatic carbocycles. The molecule has 1 aromatic heterocycles. The second-order valence-corrected chi connectivity index (χ2v) is 6.08. The summed E-state index contributed by atoms with van der Waals surface area (Å²) < 4.78 is 0. The van der Waals surface area contributed by atoms with Gasteiger partial charge < -0.3 is 10.2 Å². The molecular formula is C15H23ClN4O. The van der Waals surface area contributed by atoms with Crippen LogP contribution in [0.5, 0.6) is 0 Å². The summed E-state index contributed by atoms with van der Waals surface area (Å²) in [5.74, 6) is 0.924. The number of halogens is 1. The number of hydrogen-bond donors (Lipinski definition) is 1. The van der Waals surface area contributed by atoms with Crippen molar-refractivity contribution in [3.63, 3.8) is 0 Å². The molecule has 5 nitrogen and oxygen atoms in total. The van der Waals surface area contributed by atoms with Crippen molar-refractivity contribution in [3.05, 3.63) is 23.4 Å². The number of carbonyl (C=O) groups excluding carboxylic acids is 1. The number of amides is 1. The minimum absolute atomic E-state index is 0.0920. The van der Waals surface area contributed by atoms with Crippen LogP contribution in [0.2, 0.25) is 5.02 Å². The molecule has 1 fully saturated rings. The maximum Gasteiger partial charge on any atom is 0.237 e. The fourth-order valence-corrected chi connectivity index (χ4v) is 2.74. The topological polar surface area (TPSA) is 48.5 Å². The highest BCUT2D eigenvalue weighted by atomic mass is 35.5. The Labute approximate surface area is 131 Å². The number of anilines is 1. The molecule has 0 aliphatic carbocycles. The van der Waals surface area contributed by atoms with Crippen LogP contribution in [-0.2, 0) is 4.79 Å². The van der Waals surface area contributed by atoms with Crippen molar-refractivity contribution < 1.29 is 4.79 Å². The minimum Gasteiger partial charge on any atom is -0.353 e. The van der Waals surface area contributed by atoms with Crippen molar-refractivity contribution in [3.8, 4) is 0 Å². The van der Waals surface area contributed by atoms with E-state index in [1.54, 1.807) is 6.20 Å². The van der Waals surface area contributed by atoms with Gasteiger partial charge in [-0.15, -0.1) is 0 Å². The average molecular weight is 311 g/mol. The van der Waals surface area contributed by atoms with Crippen LogP contribution < -0.4 is 10.2 Å². The van der Waals surface area contributed by atoms with Crippen molar-refractivity contribution in [2.75, 3.05) is 31.1 Å². The van der Waals surface area contributed by atoms with E-state index in [1.165, 1.54) is 0 Å². The molecule has 1 atom stereocenters. The zero-order valence-corrected chi connectivity index (χ0v) is 13.6. The van der Waals surface area contributed by atoms with Gasteiger partial charge in [-0.2, -0.15) is 0 Å². The van der Waals surface area contributed by atoms with Gasteiger partial charge in [0.25, 0.3) is 0 Å². The molecule has 1 amide bonds. The van der Waals surface area contributed by atoms with E-state index in [2.05, 4.69) is 20.1 Å². The van der Waals surface area contributed by atoms with E-state index in [0.29, 0.717) is 5.02 Å². The molecule has 0 radical (unpaired) electrons. The summed E-state index contributed by atoms with van der Waals surface area (Å²) in [5, 5.41) is 3.64. The van der Waals surface area contributed by atoms with Gasteiger partial charge in [0, 0.05) is 38.4 Å². The summed E-state index contributed by atoms with van der Waals surface area (Å²) in [4.78, 5) is 20.8. The predicted octanol–water partition coefficient (Wildman–Crippen LogP) is 1.77. The van der Waals surface area contributed by atoms with Gasteiger partial charge in [0.05, 0.1) is 11.1 Å². The molecule has 6 heteroatoms. The fourth-order valence-electron chi connectivity index (χ4n) is 2.50. The summed E-state index contributed by atoms with van der Waals surface area (Å²) in [7, 11) is 0. The van der Waals surface area contributed by atoms with Crippen LogP contribution in [0.3, 0.4) is 0 Å². The number of pyridine rings is 1. The first-order valence-corrected chi connectivity index (χ1v) is 7.76. The van der Waals surface area contributed by atoms with Crippen LogP contribution in [0.1, 0.15) is 20.8 Å². The summed E-state index contributed by atoms with van der Waals surface area (Å²) >= 11 is 6.18. The van der Waals surface area contributed by atoms with Crippen molar-refractivity contribution in [1.29, 1.82) is 0 Å². The quantitative estimate of drug-likeness (QED) is 0.921. The largest absolute Gasteiger partial charge is 0.353 e. The second-order valence-electron chi connectivity index (χ2n) is 5.67. The SMILES string of the molecule is CC(C)NC(=O)C(C)N1CCN(c2ncccc2Cl)CC1. The van der Waals surface area contributed by atoms with Crippen molar-refractivity contribution >= 4 is 23.3 Å². The number of hydrogen-bond acceptors (Lipinski definition) is 4. The lowest BCUT2D eigenvalue weighted by Gasteiger charge is -2.38. The highest BCUT2D eigenvalue weighted by Gasteiger charge is 2.26. The van der Waals surface area contributed by atoms with Gasteiger partial charge in [-0.1, -0.05) is 11.6 Å². The van der Waals surface area contributed by atoms with Crippen LogP contribution in [0.4, 0.5) is 5.82 Å². The Morgan fingerprint density at radius 1 is 1.29 bits per heavy atom. The van der Waals surface area contributed by atoms with E-state index in [1.807, 2.05) is 32.9 Å². The summed E-state index contributed by atoms with van der Waals surface area (Å²) in [5.41, 5.74) is 0. The molecule has 1 aromatic rings. The Bertz CT molecular complexity index is 486. The standard InChI is InChI=1S/C15H23ClN4O/c1-11(2)18-15(21)12(3)19-7-9-20(10-8-19)14-13(16)5-4-6-17-14/h4-6,11-12H,7-10H2,1-3H3,(H,18,21). The Kier molecular flexibility index (Phi) is 5.42. The lowest BCUT2D eigenvalue weighted by Crippen LogP contribution is -2.54. The molecule has 1 aliphatic heterocycles. The number of rotatable bonds is 4. The molecule has 1 N–H and O–H groups in total. The highest BCUT2D eigenvalue weighted by Crippen LogP contribution is 2.23. The second kappa shape index (κ2) is 7.09. The van der Waals surface area contributed by atoms with E-state index >= 15 is 0 Å². The van der Waals surface area contributed by atoms with Crippen molar-refractivity contribution in [1.82, 2.24) is 15.2 Å². The monoisotopic (exact) mass is 310 g/mol. The molecule has 1 saturated heterocycles. The summed E-state index contributed by atoms with van der Waals surface area (Å²) in [6.45, 7) is 9.24. The van der Waals surface area contributed by atoms with Crippen LogP contribution in [-0.4, -0.2) is 54.1 Å². The lowest BCUT2D eigenvalue weighted by molar-refractivity contribution is -0.126. The van der Waals surface area contributed by atoms with Gasteiger partial charge >= 0.3 is 0 Å². The third-order valence-corrected chi connectivity index (χ3v) is 4.01. The summed E-state index contributed by atoms with van der Waals surface area (Å²) in [6, 6.07) is 3.76. The van der Waals surface area contributed by atoms with Crippen molar-refractivity contribution in [2.45, 2.75) is 32.9 Å². The maximum atomic E-state index is 12.1. The normalized spacial score (nSPS) is 17.9. The van der Waals surface area contributed by atoms with E-state index in [-0.39, 0.29) is 18.0 Å². The number of nitrogens with one attached hydrogen (secondary N) is 1. The number of nitrogens with zero attached hydrogens (tertiary/aromatic N) is 3. The smallest absolute Gasteiger partial charge is 0.237 e. The molecule has 2 rings (SSSR count). The van der Waals surface area contributed by atoms with Gasteiger partial charge in [-0.25, -0.2) is 4.98 Å². The number of aromatic nitrogens is 1. The Morgan fingerprint density at radius 2 is 1.95 bits per heavy atom. The molecule has 1 unspecified atom stereocenters. The van der Waals surface area contributed by atoms with E-state index < -0.39 is 0 Å². The van der Waals surface area contributed by atoms with Crippen LogP contribution in [0.25, 0.3) is 0 Å². The van der Waals surface area contributed by atoms with Gasteiger partial charge in [-0.3, -0.25) is 9.69 Å². The molecule has 0 bridgehead atoms. The predicted molar refractivity (Wildman–Crippen MR) is 85.8 cm³/mol. The molecule has 0 spiro atoms. The van der Waals surface area contributed by atoms with E-state index in [9.17, 15) is 4.79 Å². The third-order valence-electron chi connectivity index (χ3n) is 3.71. The maximum absolute atomic E-state index is 12.1. The number of carbonyl (C=O) groups is 1. The van der Waals surface area contributed by atoms with Crippen molar-refractivity contribution in [2.24, 2.45) is 0 Å². The van der Waals surface area contributed by atoms with Crippen LogP contribution in [0.15, 0.2) is 18.3 Å². The molecule has 21 heavy (non-hydrogen) atoms. The molecule has 116 valence electrons. The molecule has 0 saturated carbocycles. The van der Waals surface area contributed by atoms with Gasteiger partial charge in [0.1, 0.15) is 5.82 Å². The van der Waals surface area contributed by atoms with E-state index in [0.717, 1.165) is 32.0 Å². The molecule has 2 heterocycles. The van der Waals surface area contributed by atoms with Gasteiger partial charge in [0.2, 0.25) is 5.91 Å². The molecule has 1 aliphatic rings. The van der Waals surface area contributed by atoms with Gasteiger partial charge in [0.15, 0.2) is 0 Å². The minimum atomic E-state index is -0.103. The Morgan fingerprint density at radius 3 is 2.52 bits per heavy atom. The van der Waals surface area contributed by atoms with Crippen LogP contribution >= 0.6 is 11.6 Å². The Hall–Kier alpha value is -1.33. The zero-order chi connectivity index (χ0) is 15.4. The lowest BCUT2D eigenvalue weighted by atomic mass is 10.2. The summed E-state index contributed by atoms with van der Waals surface area (Å²) in [6.07, 6.45) is 1.76. The van der Waals surface area contributed by atoms with E-state index in [4.69, 9.17) is 11.6 Å². The molecular weight excluding hydrogens is 288 g/mol. The average Bonchev–Trinajstić information content (AvgIpc) is 2.46. The zero-order valence-electron chi connectivity index (χ0n) is 12.8. The van der Waals surface area contributed by atoms with Gasteiger partial charge in [-0.05, 0) is 32.9 Å². The Balaban J connectivity index is 1.91. The first-order valence-electron chi connectivity index (χ1n) is 7.39. The number of piperazine rings is 1. The fraction of sp³-hybridized carbons (Fsp3) is 0.600. The van der Waals surface area contributed by atoms with Crippen LogP contribution in [0, 0.1) is 0 Å². The first kappa shape index (κ1) is 16.0. The first-order chi connectivity index (χ1) is 9.99. The third kappa shape index (κ3) is 4.08.